The maximum Gasteiger partial charge on any atom is 0.410 e. The Morgan fingerprint density at radius 3 is 2.62 bits per heavy atom. The summed E-state index contributed by atoms with van der Waals surface area (Å²) < 4.78 is 11.7. The second-order valence-electron chi connectivity index (χ2n) is 7.84. The lowest BCUT2D eigenvalue weighted by atomic mass is 10.0. The van der Waals surface area contributed by atoms with Crippen LogP contribution in [0.2, 0.25) is 5.02 Å². The lowest BCUT2D eigenvalue weighted by Crippen LogP contribution is -2.40. The van der Waals surface area contributed by atoms with Gasteiger partial charge in [0.25, 0.3) is 0 Å². The van der Waals surface area contributed by atoms with Crippen molar-refractivity contribution < 1.29 is 14.3 Å². The fourth-order valence-corrected chi connectivity index (χ4v) is 4.14. The van der Waals surface area contributed by atoms with Crippen molar-refractivity contribution in [2.45, 2.75) is 44.4 Å². The molecular weight excluding hydrogens is 428 g/mol. The molecule has 1 fully saturated rings. The first-order valence-corrected chi connectivity index (χ1v) is 11.3. The number of para-hydroxylation sites is 1. The summed E-state index contributed by atoms with van der Waals surface area (Å²) in [5.74, 6) is 0.547. The van der Waals surface area contributed by atoms with Gasteiger partial charge in [0, 0.05) is 12.6 Å². The van der Waals surface area contributed by atoms with Crippen LogP contribution in [0, 0.1) is 0 Å². The summed E-state index contributed by atoms with van der Waals surface area (Å²) in [6.45, 7) is 1.15. The summed E-state index contributed by atoms with van der Waals surface area (Å²) >= 11 is 6.19. The smallest absolute Gasteiger partial charge is 0.410 e. The number of amides is 1. The van der Waals surface area contributed by atoms with E-state index in [0.29, 0.717) is 23.9 Å². The molecule has 7 nitrogen and oxygen atoms in total. The highest BCUT2D eigenvalue weighted by atomic mass is 35.5. The van der Waals surface area contributed by atoms with E-state index in [0.717, 1.165) is 25.7 Å². The van der Waals surface area contributed by atoms with Crippen LogP contribution in [0.5, 0.6) is 5.75 Å². The number of hydrogen-bond donors (Lipinski definition) is 0. The number of halogens is 1. The standard InChI is InChI=1S/C24H27ClN4O3/c25-22-10-4-5-11-23(22)31-18-21(17-29-26-14-15-27-29)32-24(30)28-16-6-9-20(28)13-12-19-7-2-1-3-8-19/h1-5,7-8,10-11,14-15,20-21H,6,9,12-13,16-18H2/t20-,21?/m1/s1. The molecule has 4 rings (SSSR count). The van der Waals surface area contributed by atoms with E-state index in [-0.39, 0.29) is 18.7 Å². The summed E-state index contributed by atoms with van der Waals surface area (Å²) in [6.07, 6.45) is 6.13. The second-order valence-corrected chi connectivity index (χ2v) is 8.25. The van der Waals surface area contributed by atoms with E-state index in [4.69, 9.17) is 21.1 Å². The zero-order valence-corrected chi connectivity index (χ0v) is 18.6. The number of aryl methyl sites for hydroxylation is 1. The van der Waals surface area contributed by atoms with Crippen LogP contribution < -0.4 is 4.74 Å². The number of likely N-dealkylation sites (tertiary alicyclic amines) is 1. The third-order valence-electron chi connectivity index (χ3n) is 5.58. The summed E-state index contributed by atoms with van der Waals surface area (Å²) in [5.41, 5.74) is 1.28. The van der Waals surface area contributed by atoms with E-state index in [1.807, 2.05) is 35.2 Å². The van der Waals surface area contributed by atoms with Crippen molar-refractivity contribution in [3.63, 3.8) is 0 Å². The lowest BCUT2D eigenvalue weighted by Gasteiger charge is -2.27. The molecule has 0 N–H and O–H groups in total. The summed E-state index contributed by atoms with van der Waals surface area (Å²) in [7, 11) is 0. The fraction of sp³-hybridized carbons (Fsp3) is 0.375. The molecule has 2 heterocycles. The van der Waals surface area contributed by atoms with Crippen LogP contribution in [0.1, 0.15) is 24.8 Å². The number of carbonyl (C=O) groups is 1. The lowest BCUT2D eigenvalue weighted by molar-refractivity contribution is 0.0247. The number of nitrogens with zero attached hydrogens (tertiary/aromatic N) is 4. The Bertz CT molecular complexity index is 984. The molecule has 0 aliphatic carbocycles. The van der Waals surface area contributed by atoms with Crippen molar-refractivity contribution in [1.29, 1.82) is 0 Å². The van der Waals surface area contributed by atoms with Gasteiger partial charge in [-0.05, 0) is 43.4 Å². The van der Waals surface area contributed by atoms with Gasteiger partial charge < -0.3 is 14.4 Å². The third-order valence-corrected chi connectivity index (χ3v) is 5.90. The third kappa shape index (κ3) is 6.01. The van der Waals surface area contributed by atoms with E-state index in [1.54, 1.807) is 24.5 Å². The maximum absolute atomic E-state index is 13.1. The van der Waals surface area contributed by atoms with E-state index < -0.39 is 6.10 Å². The van der Waals surface area contributed by atoms with Crippen molar-refractivity contribution >= 4 is 17.7 Å². The van der Waals surface area contributed by atoms with E-state index >= 15 is 0 Å². The molecule has 2 atom stereocenters. The monoisotopic (exact) mass is 454 g/mol. The molecule has 0 bridgehead atoms. The topological polar surface area (TPSA) is 69.5 Å². The Labute approximate surface area is 192 Å². The van der Waals surface area contributed by atoms with Crippen LogP contribution in [0.4, 0.5) is 4.79 Å². The zero-order valence-electron chi connectivity index (χ0n) is 17.8. The molecule has 3 aromatic rings. The van der Waals surface area contributed by atoms with E-state index in [2.05, 4.69) is 22.3 Å². The van der Waals surface area contributed by atoms with Crippen molar-refractivity contribution in [1.82, 2.24) is 19.9 Å². The van der Waals surface area contributed by atoms with E-state index in [9.17, 15) is 4.79 Å². The molecule has 8 heteroatoms. The van der Waals surface area contributed by atoms with Crippen LogP contribution in [0.25, 0.3) is 0 Å². The van der Waals surface area contributed by atoms with Gasteiger partial charge in [0.2, 0.25) is 0 Å². The zero-order chi connectivity index (χ0) is 22.2. The molecule has 1 aromatic heterocycles. The molecule has 1 saturated heterocycles. The van der Waals surface area contributed by atoms with Gasteiger partial charge in [0.05, 0.1) is 17.4 Å². The summed E-state index contributed by atoms with van der Waals surface area (Å²) in [6, 6.07) is 17.8. The highest BCUT2D eigenvalue weighted by molar-refractivity contribution is 6.32. The average Bonchev–Trinajstić information content (AvgIpc) is 3.50. The first-order valence-electron chi connectivity index (χ1n) is 10.9. The summed E-state index contributed by atoms with van der Waals surface area (Å²) in [4.78, 5) is 16.4. The number of carbonyl (C=O) groups excluding carboxylic acids is 1. The van der Waals surface area contributed by atoms with Crippen molar-refractivity contribution in [2.75, 3.05) is 13.2 Å². The number of rotatable bonds is 9. The molecule has 1 aliphatic heterocycles. The van der Waals surface area contributed by atoms with Gasteiger partial charge in [-0.1, -0.05) is 54.1 Å². The average molecular weight is 455 g/mol. The van der Waals surface area contributed by atoms with Gasteiger partial charge in [-0.3, -0.25) is 0 Å². The number of ether oxygens (including phenoxy) is 2. The molecule has 1 aliphatic rings. The van der Waals surface area contributed by atoms with Gasteiger partial charge >= 0.3 is 6.09 Å². The maximum atomic E-state index is 13.1. The summed E-state index contributed by atoms with van der Waals surface area (Å²) in [5, 5.41) is 8.77. The SMILES string of the molecule is O=C(OC(COc1ccccc1Cl)Cn1nccn1)N1CCC[C@@H]1CCc1ccccc1. The largest absolute Gasteiger partial charge is 0.488 e. The van der Waals surface area contributed by atoms with Crippen molar-refractivity contribution in [3.8, 4) is 5.75 Å². The van der Waals surface area contributed by atoms with Crippen LogP contribution in [-0.2, 0) is 17.7 Å². The Hall–Kier alpha value is -3.06. The first-order chi connectivity index (χ1) is 15.7. The molecule has 0 saturated carbocycles. The molecule has 32 heavy (non-hydrogen) atoms. The highest BCUT2D eigenvalue weighted by Gasteiger charge is 2.31. The van der Waals surface area contributed by atoms with Crippen LogP contribution in [-0.4, -0.2) is 51.3 Å². The van der Waals surface area contributed by atoms with Crippen molar-refractivity contribution in [3.05, 3.63) is 77.6 Å². The minimum Gasteiger partial charge on any atom is -0.488 e. The van der Waals surface area contributed by atoms with E-state index in [1.165, 1.54) is 10.4 Å². The van der Waals surface area contributed by atoms with Crippen molar-refractivity contribution in [2.24, 2.45) is 0 Å². The fourth-order valence-electron chi connectivity index (χ4n) is 3.95. The Morgan fingerprint density at radius 2 is 1.84 bits per heavy atom. The van der Waals surface area contributed by atoms with Gasteiger partial charge in [0.1, 0.15) is 18.9 Å². The van der Waals surface area contributed by atoms with Gasteiger partial charge in [-0.25, -0.2) is 4.79 Å². The Kier molecular flexibility index (Phi) is 7.61. The predicted octanol–water partition coefficient (Wildman–Crippen LogP) is 4.61. The number of benzene rings is 2. The molecule has 0 radical (unpaired) electrons. The first kappa shape index (κ1) is 22.1. The quantitative estimate of drug-likeness (QED) is 0.472. The molecule has 1 amide bonds. The minimum atomic E-state index is -0.554. The van der Waals surface area contributed by atoms with Gasteiger partial charge in [0.15, 0.2) is 6.10 Å². The predicted molar refractivity (Wildman–Crippen MR) is 122 cm³/mol. The Morgan fingerprint density at radius 1 is 1.09 bits per heavy atom. The number of aromatic nitrogens is 3. The minimum absolute atomic E-state index is 0.152. The highest BCUT2D eigenvalue weighted by Crippen LogP contribution is 2.25. The molecular formula is C24H27ClN4O3. The Balaban J connectivity index is 1.37. The van der Waals surface area contributed by atoms with Crippen LogP contribution in [0.15, 0.2) is 67.0 Å². The second kappa shape index (κ2) is 11.0. The molecule has 1 unspecified atom stereocenters. The molecule has 0 spiro atoms. The van der Waals surface area contributed by atoms with Gasteiger partial charge in [-0.15, -0.1) is 0 Å². The van der Waals surface area contributed by atoms with Crippen LogP contribution >= 0.6 is 11.6 Å². The molecule has 2 aromatic carbocycles. The van der Waals surface area contributed by atoms with Gasteiger partial charge in [-0.2, -0.15) is 15.0 Å². The van der Waals surface area contributed by atoms with Crippen LogP contribution in [0.3, 0.4) is 0 Å². The normalized spacial score (nSPS) is 16.7. The number of hydrogen-bond acceptors (Lipinski definition) is 5. The molecule has 168 valence electrons.